The van der Waals surface area contributed by atoms with Gasteiger partial charge < -0.3 is 5.73 Å². The summed E-state index contributed by atoms with van der Waals surface area (Å²) < 4.78 is 27.1. The highest BCUT2D eigenvalue weighted by molar-refractivity contribution is 7.89. The molecular weight excluding hydrogens is 260 g/mol. The van der Waals surface area contributed by atoms with E-state index >= 15 is 0 Å². The summed E-state index contributed by atoms with van der Waals surface area (Å²) in [6.07, 6.45) is 1.98. The molecule has 5 heteroatoms. The molecule has 1 heterocycles. The van der Waals surface area contributed by atoms with Gasteiger partial charge in [0.2, 0.25) is 10.0 Å². The predicted octanol–water partition coefficient (Wildman–Crippen LogP) is 1.96. The van der Waals surface area contributed by atoms with Crippen molar-refractivity contribution in [1.29, 1.82) is 0 Å². The van der Waals surface area contributed by atoms with Crippen molar-refractivity contribution in [1.82, 2.24) is 4.31 Å². The van der Waals surface area contributed by atoms with Crippen molar-refractivity contribution in [2.45, 2.75) is 38.1 Å². The number of sulfonamides is 1. The molecule has 0 bridgehead atoms. The van der Waals surface area contributed by atoms with Crippen LogP contribution in [0.25, 0.3) is 0 Å². The third kappa shape index (κ3) is 2.99. The molecule has 1 fully saturated rings. The Morgan fingerprint density at radius 3 is 2.63 bits per heavy atom. The normalized spacial score (nSPS) is 20.4. The Labute approximate surface area is 115 Å². The zero-order valence-electron chi connectivity index (χ0n) is 11.6. The number of hydrogen-bond donors (Lipinski definition) is 1. The highest BCUT2D eigenvalue weighted by atomic mass is 32.2. The van der Waals surface area contributed by atoms with Gasteiger partial charge in [-0.05, 0) is 29.9 Å². The van der Waals surface area contributed by atoms with Crippen molar-refractivity contribution < 1.29 is 8.42 Å². The lowest BCUT2D eigenvalue weighted by atomic mass is 9.85. The van der Waals surface area contributed by atoms with Gasteiger partial charge in [-0.15, -0.1) is 0 Å². The van der Waals surface area contributed by atoms with Crippen molar-refractivity contribution in [2.24, 2.45) is 11.1 Å². The minimum absolute atomic E-state index is 0.0446. The minimum atomic E-state index is -3.42. The van der Waals surface area contributed by atoms with Crippen molar-refractivity contribution in [3.8, 4) is 0 Å². The lowest BCUT2D eigenvalue weighted by Crippen LogP contribution is -2.43. The lowest BCUT2D eigenvalue weighted by Gasteiger charge is -2.37. The topological polar surface area (TPSA) is 63.4 Å². The van der Waals surface area contributed by atoms with Crippen molar-refractivity contribution in [3.63, 3.8) is 0 Å². The van der Waals surface area contributed by atoms with Gasteiger partial charge in [-0.3, -0.25) is 0 Å². The van der Waals surface area contributed by atoms with E-state index in [0.29, 0.717) is 23.5 Å². The summed E-state index contributed by atoms with van der Waals surface area (Å²) in [7, 11) is -3.42. The quantitative estimate of drug-likeness (QED) is 0.921. The van der Waals surface area contributed by atoms with Gasteiger partial charge in [0.05, 0.1) is 4.90 Å². The van der Waals surface area contributed by atoms with Gasteiger partial charge in [-0.2, -0.15) is 4.31 Å². The maximum absolute atomic E-state index is 12.7. The second-order valence-electron chi connectivity index (χ2n) is 5.92. The van der Waals surface area contributed by atoms with Crippen LogP contribution in [0.2, 0.25) is 0 Å². The molecule has 19 heavy (non-hydrogen) atoms. The Hall–Kier alpha value is -0.910. The molecule has 2 rings (SSSR count). The number of rotatable bonds is 3. The Bertz CT molecular complexity index is 552. The zero-order valence-corrected chi connectivity index (χ0v) is 12.4. The van der Waals surface area contributed by atoms with E-state index in [-0.39, 0.29) is 12.0 Å². The number of hydrogen-bond acceptors (Lipinski definition) is 3. The Kier molecular flexibility index (Phi) is 3.99. The maximum atomic E-state index is 12.7. The van der Waals surface area contributed by atoms with Crippen LogP contribution in [-0.4, -0.2) is 25.8 Å². The van der Waals surface area contributed by atoms with Crippen molar-refractivity contribution in [3.05, 3.63) is 29.8 Å². The van der Waals surface area contributed by atoms with Gasteiger partial charge in [0.25, 0.3) is 0 Å². The fourth-order valence-corrected chi connectivity index (χ4v) is 4.54. The monoisotopic (exact) mass is 282 g/mol. The van der Waals surface area contributed by atoms with E-state index in [4.69, 9.17) is 5.73 Å². The van der Waals surface area contributed by atoms with Crippen LogP contribution in [-0.2, 0) is 16.6 Å². The molecule has 0 aliphatic carbocycles. The summed E-state index contributed by atoms with van der Waals surface area (Å²) in [6.45, 7) is 5.65. The molecule has 4 nitrogen and oxygen atoms in total. The van der Waals surface area contributed by atoms with Crippen LogP contribution in [0, 0.1) is 5.41 Å². The molecule has 106 valence electrons. The maximum Gasteiger partial charge on any atom is 0.243 e. The average Bonchev–Trinajstić information content (AvgIpc) is 2.37. The van der Waals surface area contributed by atoms with Gasteiger partial charge in [-0.25, -0.2) is 8.42 Å². The van der Waals surface area contributed by atoms with Crippen molar-refractivity contribution >= 4 is 10.0 Å². The molecule has 0 aromatic heterocycles. The van der Waals surface area contributed by atoms with E-state index in [1.807, 2.05) is 6.07 Å². The Morgan fingerprint density at radius 1 is 1.32 bits per heavy atom. The second kappa shape index (κ2) is 5.23. The van der Waals surface area contributed by atoms with E-state index in [1.165, 1.54) is 0 Å². The highest BCUT2D eigenvalue weighted by Gasteiger charge is 2.34. The molecule has 1 aromatic rings. The molecule has 1 aromatic carbocycles. The number of benzene rings is 1. The van der Waals surface area contributed by atoms with Crippen LogP contribution < -0.4 is 5.73 Å². The first-order valence-corrected chi connectivity index (χ1v) is 8.09. The summed E-state index contributed by atoms with van der Waals surface area (Å²) in [5.41, 5.74) is 6.38. The summed E-state index contributed by atoms with van der Waals surface area (Å²) in [5, 5.41) is 0. The molecule has 1 saturated heterocycles. The summed E-state index contributed by atoms with van der Waals surface area (Å²) in [6, 6.07) is 7.00. The number of nitrogens with two attached hydrogens (primary N) is 1. The van der Waals surface area contributed by atoms with Crippen LogP contribution in [0.4, 0.5) is 0 Å². The van der Waals surface area contributed by atoms with E-state index in [1.54, 1.807) is 22.5 Å². The van der Waals surface area contributed by atoms with Gasteiger partial charge in [-0.1, -0.05) is 32.0 Å². The Morgan fingerprint density at radius 2 is 2.00 bits per heavy atom. The summed E-state index contributed by atoms with van der Waals surface area (Å²) in [4.78, 5) is 0.357. The first-order chi connectivity index (χ1) is 8.87. The first kappa shape index (κ1) is 14.5. The van der Waals surface area contributed by atoms with Crippen LogP contribution in [0.15, 0.2) is 29.2 Å². The zero-order chi connectivity index (χ0) is 14.1. The standard InChI is InChI=1S/C14H22N2O2S/c1-14(2)8-5-9-16(11-14)19(17,18)13-7-4-3-6-12(13)10-15/h3-4,6-7H,5,8-11,15H2,1-2H3. The fourth-order valence-electron chi connectivity index (χ4n) is 2.64. The minimum Gasteiger partial charge on any atom is -0.326 e. The molecule has 1 aliphatic heterocycles. The smallest absolute Gasteiger partial charge is 0.243 e. The largest absolute Gasteiger partial charge is 0.326 e. The SMILES string of the molecule is CC1(C)CCCN(S(=O)(=O)c2ccccc2CN)C1. The van der Waals surface area contributed by atoms with E-state index in [2.05, 4.69) is 13.8 Å². The van der Waals surface area contributed by atoms with E-state index in [9.17, 15) is 8.42 Å². The summed E-state index contributed by atoms with van der Waals surface area (Å²) >= 11 is 0. The van der Waals surface area contributed by atoms with Crippen LogP contribution in [0.5, 0.6) is 0 Å². The molecule has 2 N–H and O–H groups in total. The van der Waals surface area contributed by atoms with E-state index in [0.717, 1.165) is 12.8 Å². The van der Waals surface area contributed by atoms with Crippen LogP contribution in [0.1, 0.15) is 32.3 Å². The average molecular weight is 282 g/mol. The second-order valence-corrected chi connectivity index (χ2v) is 7.82. The van der Waals surface area contributed by atoms with Crippen LogP contribution in [0.3, 0.4) is 0 Å². The fraction of sp³-hybridized carbons (Fsp3) is 0.571. The molecule has 0 saturated carbocycles. The third-order valence-corrected chi connectivity index (χ3v) is 5.62. The third-order valence-electron chi connectivity index (χ3n) is 3.68. The molecule has 0 unspecified atom stereocenters. The molecule has 1 aliphatic rings. The lowest BCUT2D eigenvalue weighted by molar-refractivity contribution is 0.187. The van der Waals surface area contributed by atoms with Gasteiger partial charge in [0.15, 0.2) is 0 Å². The van der Waals surface area contributed by atoms with Gasteiger partial charge in [0.1, 0.15) is 0 Å². The predicted molar refractivity (Wildman–Crippen MR) is 76.1 cm³/mol. The van der Waals surface area contributed by atoms with E-state index < -0.39 is 10.0 Å². The Balaban J connectivity index is 2.37. The number of nitrogens with zero attached hydrogens (tertiary/aromatic N) is 1. The number of piperidine rings is 1. The van der Waals surface area contributed by atoms with Gasteiger partial charge >= 0.3 is 0 Å². The molecular formula is C14H22N2O2S. The van der Waals surface area contributed by atoms with Crippen molar-refractivity contribution in [2.75, 3.05) is 13.1 Å². The first-order valence-electron chi connectivity index (χ1n) is 6.65. The van der Waals surface area contributed by atoms with Gasteiger partial charge in [0, 0.05) is 19.6 Å². The van der Waals surface area contributed by atoms with Crippen LogP contribution >= 0.6 is 0 Å². The molecule has 0 radical (unpaired) electrons. The molecule has 0 atom stereocenters. The molecule has 0 amide bonds. The summed E-state index contributed by atoms with van der Waals surface area (Å²) in [5.74, 6) is 0. The highest BCUT2D eigenvalue weighted by Crippen LogP contribution is 2.32. The molecule has 0 spiro atoms.